The van der Waals surface area contributed by atoms with Gasteiger partial charge in [0.2, 0.25) is 0 Å². The lowest BCUT2D eigenvalue weighted by atomic mass is 10.2. The third-order valence-electron chi connectivity index (χ3n) is 2.50. The minimum Gasteiger partial charge on any atom is -0.508 e. The van der Waals surface area contributed by atoms with E-state index in [1.165, 1.54) is 0 Å². The van der Waals surface area contributed by atoms with Gasteiger partial charge in [-0.1, -0.05) is 0 Å². The number of benzene rings is 1. The number of hydrogen-bond donors (Lipinski definition) is 2. The minimum absolute atomic E-state index is 0.0515. The van der Waals surface area contributed by atoms with Gasteiger partial charge < -0.3 is 19.9 Å². The predicted octanol–water partition coefficient (Wildman–Crippen LogP) is 2.52. The molecule has 0 radical (unpaired) electrons. The molecule has 8 nitrogen and oxygen atoms in total. The number of phenols is 1. The number of nitrogens with zero attached hydrogens (tertiary/aromatic N) is 1. The van der Waals surface area contributed by atoms with Crippen LogP contribution < -0.4 is 5.73 Å². The molecule has 0 unspecified atom stereocenters. The maximum absolute atomic E-state index is 12.5. The van der Waals surface area contributed by atoms with Gasteiger partial charge in [-0.25, -0.2) is 0 Å². The normalized spacial score (nSPS) is 13.2. The molecule has 9 heteroatoms. The quantitative estimate of drug-likeness (QED) is 0.450. The van der Waals surface area contributed by atoms with E-state index in [0.717, 1.165) is 18.2 Å². The Labute approximate surface area is 116 Å². The fraction of sp³-hybridized carbons (Fsp3) is 0.455. The predicted molar refractivity (Wildman–Crippen MR) is 72.5 cm³/mol. The second-order valence-electron chi connectivity index (χ2n) is 3.82. The third kappa shape index (κ3) is 3.55. The van der Waals surface area contributed by atoms with Gasteiger partial charge in [0.05, 0.1) is 18.1 Å². The zero-order valence-corrected chi connectivity index (χ0v) is 12.1. The van der Waals surface area contributed by atoms with Crippen LogP contribution in [0.5, 0.6) is 5.75 Å². The molecule has 3 N–H and O–H groups in total. The van der Waals surface area contributed by atoms with E-state index in [1.54, 1.807) is 13.8 Å². The molecule has 0 heterocycles. The number of non-ortho nitro benzene ring substituents is 1. The van der Waals surface area contributed by atoms with Crippen LogP contribution in [0.15, 0.2) is 18.2 Å². The second-order valence-corrected chi connectivity index (χ2v) is 5.97. The van der Waals surface area contributed by atoms with Crippen LogP contribution in [0, 0.1) is 10.1 Å². The molecule has 1 aromatic carbocycles. The topological polar surface area (TPSA) is 125 Å². The van der Waals surface area contributed by atoms with Crippen molar-refractivity contribution in [3.63, 3.8) is 0 Å². The fourth-order valence-corrected chi connectivity index (χ4v) is 3.28. The zero-order valence-electron chi connectivity index (χ0n) is 11.2. The molecule has 0 aromatic heterocycles. The number of nitro benzene ring substituents is 1. The summed E-state index contributed by atoms with van der Waals surface area (Å²) in [5, 5.41) is 20.5. The standard InChI is InChI=1S/C11H17N2O6P/c1-3-18-20(17,19-4-2)11(12)9-7-8(13(15)16)5-6-10(9)14/h5-7,11,14H,3-4,12H2,1-2H3/t11-/m0/s1. The Balaban J connectivity index is 3.23. The highest BCUT2D eigenvalue weighted by atomic mass is 31.2. The molecule has 1 rings (SSSR count). The summed E-state index contributed by atoms with van der Waals surface area (Å²) >= 11 is 0. The third-order valence-corrected chi connectivity index (χ3v) is 4.70. The van der Waals surface area contributed by atoms with Crippen LogP contribution in [0.4, 0.5) is 5.69 Å². The van der Waals surface area contributed by atoms with E-state index in [-0.39, 0.29) is 30.2 Å². The van der Waals surface area contributed by atoms with E-state index >= 15 is 0 Å². The van der Waals surface area contributed by atoms with Crippen LogP contribution in [0.3, 0.4) is 0 Å². The number of rotatable bonds is 7. The van der Waals surface area contributed by atoms with Gasteiger partial charge in [0.15, 0.2) is 0 Å². The molecule has 112 valence electrons. The van der Waals surface area contributed by atoms with E-state index in [2.05, 4.69) is 0 Å². The van der Waals surface area contributed by atoms with E-state index < -0.39 is 18.3 Å². The largest absolute Gasteiger partial charge is 0.508 e. The Morgan fingerprint density at radius 3 is 2.40 bits per heavy atom. The molecule has 0 saturated carbocycles. The highest BCUT2D eigenvalue weighted by Gasteiger charge is 2.36. The molecular weight excluding hydrogens is 287 g/mol. The SMILES string of the molecule is CCOP(=O)(OCC)[C@H](N)c1cc([N+](=O)[O-])ccc1O. The minimum atomic E-state index is -3.71. The van der Waals surface area contributed by atoms with Crippen molar-refractivity contribution >= 4 is 13.3 Å². The van der Waals surface area contributed by atoms with Crippen molar-refractivity contribution in [1.82, 2.24) is 0 Å². The monoisotopic (exact) mass is 304 g/mol. The van der Waals surface area contributed by atoms with E-state index in [0.29, 0.717) is 0 Å². The van der Waals surface area contributed by atoms with E-state index in [4.69, 9.17) is 14.8 Å². The van der Waals surface area contributed by atoms with Crippen LogP contribution in [0.25, 0.3) is 0 Å². The first kappa shape index (κ1) is 16.6. The molecule has 1 atom stereocenters. The lowest BCUT2D eigenvalue weighted by Gasteiger charge is -2.23. The van der Waals surface area contributed by atoms with Gasteiger partial charge in [-0.2, -0.15) is 0 Å². The van der Waals surface area contributed by atoms with Crippen LogP contribution in [-0.2, 0) is 13.6 Å². The van der Waals surface area contributed by atoms with Crippen LogP contribution in [-0.4, -0.2) is 23.2 Å². The smallest absolute Gasteiger partial charge is 0.351 e. The molecule has 1 aromatic rings. The van der Waals surface area contributed by atoms with Crippen molar-refractivity contribution < 1.29 is 23.6 Å². The van der Waals surface area contributed by atoms with Crippen molar-refractivity contribution in [3.8, 4) is 5.75 Å². The van der Waals surface area contributed by atoms with Gasteiger partial charge in [-0.3, -0.25) is 14.7 Å². The number of nitro groups is 1. The van der Waals surface area contributed by atoms with Crippen molar-refractivity contribution in [3.05, 3.63) is 33.9 Å². The van der Waals surface area contributed by atoms with Crippen LogP contribution in [0.1, 0.15) is 25.2 Å². The first-order chi connectivity index (χ1) is 9.35. The zero-order chi connectivity index (χ0) is 15.3. The highest BCUT2D eigenvalue weighted by Crippen LogP contribution is 2.59. The van der Waals surface area contributed by atoms with E-state index in [1.807, 2.05) is 0 Å². The molecule has 0 aliphatic heterocycles. The summed E-state index contributed by atoms with van der Waals surface area (Å²) in [6.07, 6.45) is 0. The van der Waals surface area contributed by atoms with Gasteiger partial charge in [-0.05, 0) is 19.9 Å². The molecule has 0 fully saturated rings. The van der Waals surface area contributed by atoms with Gasteiger partial charge in [0, 0.05) is 17.7 Å². The van der Waals surface area contributed by atoms with Crippen molar-refractivity contribution in [2.75, 3.05) is 13.2 Å². The first-order valence-corrected chi connectivity index (χ1v) is 7.58. The number of nitrogens with two attached hydrogens (primary N) is 1. The lowest BCUT2D eigenvalue weighted by molar-refractivity contribution is -0.384. The summed E-state index contributed by atoms with van der Waals surface area (Å²) in [6.45, 7) is 3.43. The molecule has 0 amide bonds. The maximum atomic E-state index is 12.5. The molecule has 0 spiro atoms. The van der Waals surface area contributed by atoms with Gasteiger partial charge in [0.25, 0.3) is 5.69 Å². The first-order valence-electron chi connectivity index (χ1n) is 5.97. The Bertz CT molecular complexity index is 526. The average Bonchev–Trinajstić information content (AvgIpc) is 2.38. The van der Waals surface area contributed by atoms with Crippen molar-refractivity contribution in [1.29, 1.82) is 0 Å². The number of aromatic hydroxyl groups is 1. The van der Waals surface area contributed by atoms with Gasteiger partial charge in [-0.15, -0.1) is 0 Å². The molecule has 0 saturated heterocycles. The van der Waals surface area contributed by atoms with Gasteiger partial charge >= 0.3 is 7.60 Å². The summed E-state index contributed by atoms with van der Waals surface area (Å²) in [7, 11) is -3.71. The number of phenolic OH excluding ortho intramolecular Hbond substituents is 1. The summed E-state index contributed by atoms with van der Waals surface area (Å²) < 4.78 is 22.6. The number of hydrogen-bond acceptors (Lipinski definition) is 7. The van der Waals surface area contributed by atoms with E-state index in [9.17, 15) is 19.8 Å². The van der Waals surface area contributed by atoms with Crippen molar-refractivity contribution in [2.45, 2.75) is 19.6 Å². The second kappa shape index (κ2) is 6.81. The summed E-state index contributed by atoms with van der Waals surface area (Å²) in [5.41, 5.74) is 5.50. The average molecular weight is 304 g/mol. The molecule has 0 aliphatic rings. The van der Waals surface area contributed by atoms with Crippen molar-refractivity contribution in [2.24, 2.45) is 5.73 Å². The summed E-state index contributed by atoms with van der Waals surface area (Å²) in [5.74, 6) is -1.61. The Hall–Kier alpha value is -1.47. The Kier molecular flexibility index (Phi) is 5.64. The van der Waals surface area contributed by atoms with Crippen LogP contribution >= 0.6 is 7.60 Å². The summed E-state index contributed by atoms with van der Waals surface area (Å²) in [4.78, 5) is 10.1. The Morgan fingerprint density at radius 2 is 1.95 bits per heavy atom. The maximum Gasteiger partial charge on any atom is 0.351 e. The fourth-order valence-electron chi connectivity index (χ4n) is 1.62. The lowest BCUT2D eigenvalue weighted by Crippen LogP contribution is -2.15. The molecule has 0 bridgehead atoms. The van der Waals surface area contributed by atoms with Crippen LogP contribution in [0.2, 0.25) is 0 Å². The highest BCUT2D eigenvalue weighted by molar-refractivity contribution is 7.54. The summed E-state index contributed by atoms with van der Waals surface area (Å²) in [6, 6.07) is 3.30. The molecule has 20 heavy (non-hydrogen) atoms. The molecular formula is C11H17N2O6P. The van der Waals surface area contributed by atoms with Gasteiger partial charge in [0.1, 0.15) is 11.5 Å². The molecule has 0 aliphatic carbocycles. The Morgan fingerprint density at radius 1 is 1.40 bits per heavy atom.